The Morgan fingerprint density at radius 1 is 0.435 bits per heavy atom. The topological polar surface area (TPSA) is 25.8 Å². The lowest BCUT2D eigenvalue weighted by molar-refractivity contribution is 0.667. The highest BCUT2D eigenvalue weighted by molar-refractivity contribution is 7.28. The first-order valence-corrected chi connectivity index (χ1v) is 20.1. The summed E-state index contributed by atoms with van der Waals surface area (Å²) in [7, 11) is 0. The predicted octanol–water partition coefficient (Wildman–Crippen LogP) is 14.1. The fourth-order valence-electron chi connectivity index (χ4n) is 6.49. The van der Waals surface area contributed by atoms with E-state index in [-0.39, 0.29) is 0 Å². The van der Waals surface area contributed by atoms with Crippen LogP contribution < -0.4 is 0 Å². The van der Waals surface area contributed by atoms with Crippen molar-refractivity contribution < 1.29 is 0 Å². The third kappa shape index (κ3) is 6.13. The Hall–Kier alpha value is -3.16. The highest BCUT2D eigenvalue weighted by Gasteiger charge is 2.15. The van der Waals surface area contributed by atoms with Crippen molar-refractivity contribution in [1.82, 2.24) is 9.97 Å². The molecule has 0 N–H and O–H groups in total. The Morgan fingerprint density at radius 2 is 0.913 bits per heavy atom. The lowest BCUT2D eigenvalue weighted by atomic mass is 10.1. The second-order valence-electron chi connectivity index (χ2n) is 12.6. The SMILES string of the molecule is CCCCCCc1ccc2cc(-c3nc4cc5cc6sc(-c7cc8ccc(CCCCCC)cc8s7)nc6cc5cc4s3)sc2c1. The van der Waals surface area contributed by atoms with E-state index in [4.69, 9.17) is 9.97 Å². The van der Waals surface area contributed by atoms with E-state index in [1.807, 2.05) is 22.7 Å². The van der Waals surface area contributed by atoms with E-state index in [9.17, 15) is 0 Å². The van der Waals surface area contributed by atoms with E-state index in [2.05, 4.69) is 86.6 Å². The van der Waals surface area contributed by atoms with Gasteiger partial charge in [-0.1, -0.05) is 76.6 Å². The molecule has 4 heterocycles. The van der Waals surface area contributed by atoms with Gasteiger partial charge in [0.05, 0.1) is 30.2 Å². The lowest BCUT2D eigenvalue weighted by Gasteiger charge is -2.01. The molecule has 4 aromatic carbocycles. The summed E-state index contributed by atoms with van der Waals surface area (Å²) in [5, 5.41) is 7.36. The molecule has 8 aromatic rings. The molecule has 46 heavy (non-hydrogen) atoms. The molecule has 232 valence electrons. The van der Waals surface area contributed by atoms with Crippen molar-refractivity contribution >= 4 is 96.7 Å². The minimum Gasteiger partial charge on any atom is -0.235 e. The molecule has 0 atom stereocenters. The van der Waals surface area contributed by atoms with Crippen LogP contribution in [0.1, 0.15) is 76.3 Å². The fourth-order valence-corrected chi connectivity index (χ4v) is 10.8. The van der Waals surface area contributed by atoms with E-state index in [0.717, 1.165) is 21.0 Å². The normalized spacial score (nSPS) is 12.1. The van der Waals surface area contributed by atoms with Crippen LogP contribution in [0, 0.1) is 0 Å². The van der Waals surface area contributed by atoms with Gasteiger partial charge in [-0.05, 0) is 107 Å². The van der Waals surface area contributed by atoms with Crippen molar-refractivity contribution in [1.29, 1.82) is 0 Å². The van der Waals surface area contributed by atoms with Gasteiger partial charge in [-0.2, -0.15) is 0 Å². The first-order chi connectivity index (χ1) is 22.6. The van der Waals surface area contributed by atoms with Crippen LogP contribution in [0.4, 0.5) is 0 Å². The van der Waals surface area contributed by atoms with E-state index >= 15 is 0 Å². The Labute approximate surface area is 286 Å². The highest BCUT2D eigenvalue weighted by atomic mass is 32.1. The van der Waals surface area contributed by atoms with Gasteiger partial charge in [0, 0.05) is 9.40 Å². The highest BCUT2D eigenvalue weighted by Crippen LogP contribution is 2.42. The number of aryl methyl sites for hydroxylation is 2. The van der Waals surface area contributed by atoms with Crippen LogP contribution in [0.3, 0.4) is 0 Å². The average Bonchev–Trinajstić information content (AvgIpc) is 3.86. The maximum atomic E-state index is 5.13. The van der Waals surface area contributed by atoms with Gasteiger partial charge < -0.3 is 0 Å². The van der Waals surface area contributed by atoms with Gasteiger partial charge in [-0.15, -0.1) is 45.3 Å². The Morgan fingerprint density at radius 3 is 1.37 bits per heavy atom. The van der Waals surface area contributed by atoms with Gasteiger partial charge in [0.15, 0.2) is 0 Å². The monoisotopic (exact) mass is 674 g/mol. The standard InChI is InChI=1S/C40H38N2S4/c1-3-5-7-9-11-25-13-15-27-21-37(43-33(27)17-25)39-41-31-19-29-24-36-32(20-30(29)23-35(31)45-39)42-40(46-36)38-22-28-16-14-26(18-34(28)44-38)12-10-8-6-4-2/h13-24H,3-12H2,1-2H3. The maximum absolute atomic E-state index is 5.13. The minimum absolute atomic E-state index is 1.08. The summed E-state index contributed by atoms with van der Waals surface area (Å²) in [4.78, 5) is 12.8. The second kappa shape index (κ2) is 13.2. The summed E-state index contributed by atoms with van der Waals surface area (Å²) in [6.45, 7) is 4.55. The van der Waals surface area contributed by atoms with Crippen molar-refractivity contribution in [3.8, 4) is 19.8 Å². The predicted molar refractivity (Wildman–Crippen MR) is 208 cm³/mol. The molecule has 6 heteroatoms. The molecule has 2 nitrogen and oxygen atoms in total. The van der Waals surface area contributed by atoms with Crippen LogP contribution in [0.15, 0.2) is 72.8 Å². The number of hydrogen-bond acceptors (Lipinski definition) is 6. The van der Waals surface area contributed by atoms with Gasteiger partial charge in [-0.25, -0.2) is 9.97 Å². The minimum atomic E-state index is 1.08. The van der Waals surface area contributed by atoms with Crippen LogP contribution in [-0.2, 0) is 12.8 Å². The van der Waals surface area contributed by atoms with E-state index in [0.29, 0.717) is 0 Å². The zero-order valence-electron chi connectivity index (χ0n) is 26.5. The number of nitrogens with zero attached hydrogens (tertiary/aromatic N) is 2. The van der Waals surface area contributed by atoms with Crippen molar-refractivity contribution in [3.63, 3.8) is 0 Å². The molecule has 0 amide bonds. The third-order valence-electron chi connectivity index (χ3n) is 9.08. The Kier molecular flexibility index (Phi) is 8.63. The number of rotatable bonds is 12. The molecule has 0 saturated heterocycles. The summed E-state index contributed by atoms with van der Waals surface area (Å²) in [5.74, 6) is 0. The maximum Gasteiger partial charge on any atom is 0.134 e. The summed E-state index contributed by atoms with van der Waals surface area (Å²) in [6.07, 6.45) is 12.8. The Bertz CT molecular complexity index is 2080. The van der Waals surface area contributed by atoms with Crippen molar-refractivity contribution in [2.45, 2.75) is 78.1 Å². The molecule has 8 rings (SSSR count). The van der Waals surface area contributed by atoms with Crippen molar-refractivity contribution in [2.75, 3.05) is 0 Å². The second-order valence-corrected chi connectivity index (χ2v) is 16.8. The van der Waals surface area contributed by atoms with Gasteiger partial charge in [0.1, 0.15) is 10.0 Å². The van der Waals surface area contributed by atoms with Crippen LogP contribution in [0.25, 0.3) is 71.1 Å². The number of benzene rings is 4. The van der Waals surface area contributed by atoms with Gasteiger partial charge in [-0.3, -0.25) is 0 Å². The molecule has 0 bridgehead atoms. The molecule has 0 aliphatic rings. The summed E-state index contributed by atoms with van der Waals surface area (Å²) < 4.78 is 5.22. The van der Waals surface area contributed by atoms with Crippen LogP contribution in [-0.4, -0.2) is 9.97 Å². The lowest BCUT2D eigenvalue weighted by Crippen LogP contribution is -1.84. The van der Waals surface area contributed by atoms with Gasteiger partial charge >= 0.3 is 0 Å². The number of unbranched alkanes of at least 4 members (excludes halogenated alkanes) is 6. The average molecular weight is 675 g/mol. The number of thiophene rings is 2. The molecule has 4 aromatic heterocycles. The Balaban J connectivity index is 1.05. The molecule has 0 aliphatic carbocycles. The largest absolute Gasteiger partial charge is 0.235 e. The van der Waals surface area contributed by atoms with Gasteiger partial charge in [0.25, 0.3) is 0 Å². The number of fused-ring (bicyclic) bond motifs is 5. The summed E-state index contributed by atoms with van der Waals surface area (Å²) in [5.41, 5.74) is 5.08. The van der Waals surface area contributed by atoms with Crippen LogP contribution in [0.2, 0.25) is 0 Å². The molecular weight excluding hydrogens is 637 g/mol. The third-order valence-corrected chi connectivity index (χ3v) is 13.7. The van der Waals surface area contributed by atoms with E-state index in [1.54, 1.807) is 22.7 Å². The summed E-state index contributed by atoms with van der Waals surface area (Å²) in [6, 6.07) is 27.8. The van der Waals surface area contributed by atoms with Gasteiger partial charge in [0.2, 0.25) is 0 Å². The molecule has 0 radical (unpaired) electrons. The van der Waals surface area contributed by atoms with E-state index in [1.165, 1.54) is 125 Å². The van der Waals surface area contributed by atoms with Crippen molar-refractivity contribution in [2.24, 2.45) is 0 Å². The zero-order valence-corrected chi connectivity index (χ0v) is 29.8. The summed E-state index contributed by atoms with van der Waals surface area (Å²) >= 11 is 7.37. The molecule has 0 saturated carbocycles. The molecular formula is C40H38N2S4. The molecule has 0 fully saturated rings. The quantitative estimate of drug-likeness (QED) is 0.121. The first kappa shape index (κ1) is 30.2. The van der Waals surface area contributed by atoms with E-state index < -0.39 is 0 Å². The number of hydrogen-bond donors (Lipinski definition) is 0. The van der Waals surface area contributed by atoms with Crippen LogP contribution >= 0.6 is 45.3 Å². The van der Waals surface area contributed by atoms with Crippen LogP contribution in [0.5, 0.6) is 0 Å². The van der Waals surface area contributed by atoms with Crippen molar-refractivity contribution in [3.05, 3.63) is 83.9 Å². The smallest absolute Gasteiger partial charge is 0.134 e. The zero-order chi connectivity index (χ0) is 31.0. The molecule has 0 spiro atoms. The number of aromatic nitrogens is 2. The molecule has 0 unspecified atom stereocenters. The number of thiazole rings is 2. The first-order valence-electron chi connectivity index (χ1n) is 16.8. The molecule has 0 aliphatic heterocycles. The fraction of sp³-hybridized carbons (Fsp3) is 0.300.